The molecule has 0 saturated heterocycles. The number of halogens is 2. The van der Waals surface area contributed by atoms with Gasteiger partial charge in [-0.2, -0.15) is 0 Å². The van der Waals surface area contributed by atoms with Crippen molar-refractivity contribution in [2.24, 2.45) is 0 Å². The molecule has 0 bridgehead atoms. The summed E-state index contributed by atoms with van der Waals surface area (Å²) in [6.07, 6.45) is 0. The van der Waals surface area contributed by atoms with Crippen LogP contribution in [0.3, 0.4) is 0 Å². The maximum Gasteiger partial charge on any atom is 0.251 e. The van der Waals surface area contributed by atoms with Crippen molar-refractivity contribution in [2.45, 2.75) is 20.1 Å². The highest BCUT2D eigenvalue weighted by atomic mass is 35.5. The van der Waals surface area contributed by atoms with Crippen molar-refractivity contribution < 1.29 is 14.3 Å². The van der Waals surface area contributed by atoms with Crippen LogP contribution in [-0.2, 0) is 17.9 Å². The monoisotopic (exact) mass is 367 g/mol. The third kappa shape index (κ3) is 4.87. The molecule has 2 aromatic carbocycles. The fourth-order valence-corrected chi connectivity index (χ4v) is 2.79. The molecule has 0 radical (unpaired) electrons. The number of hydrogen-bond acceptors (Lipinski definition) is 3. The average molecular weight is 368 g/mol. The second-order valence-electron chi connectivity index (χ2n) is 5.11. The number of rotatable bonds is 7. The van der Waals surface area contributed by atoms with E-state index in [0.717, 1.165) is 11.1 Å². The molecule has 0 aliphatic carbocycles. The van der Waals surface area contributed by atoms with Gasteiger partial charge in [-0.1, -0.05) is 47.5 Å². The van der Waals surface area contributed by atoms with Crippen LogP contribution in [0.4, 0.5) is 0 Å². The lowest BCUT2D eigenvalue weighted by Gasteiger charge is -2.10. The summed E-state index contributed by atoms with van der Waals surface area (Å²) in [4.78, 5) is 12.2. The average Bonchev–Trinajstić information content (AvgIpc) is 2.58. The van der Waals surface area contributed by atoms with E-state index in [9.17, 15) is 4.79 Å². The van der Waals surface area contributed by atoms with Crippen LogP contribution in [0.2, 0.25) is 10.0 Å². The summed E-state index contributed by atoms with van der Waals surface area (Å²) in [7, 11) is 1.47. The second kappa shape index (κ2) is 8.92. The molecule has 0 aliphatic rings. The standard InChI is InChI=1S/C18H19Cl2NO3/c1-3-24-11-13-6-4-12(5-7-13)10-21-18(22)14-8-15(19)17(23-2)16(20)9-14/h4-9H,3,10-11H2,1-2H3,(H,21,22). The predicted octanol–water partition coefficient (Wildman–Crippen LogP) is 4.47. The maximum absolute atomic E-state index is 12.2. The van der Waals surface area contributed by atoms with Gasteiger partial charge in [-0.05, 0) is 30.2 Å². The minimum atomic E-state index is -0.250. The van der Waals surface area contributed by atoms with Crippen LogP contribution in [0.15, 0.2) is 36.4 Å². The minimum Gasteiger partial charge on any atom is -0.494 e. The Morgan fingerprint density at radius 2 is 1.67 bits per heavy atom. The molecule has 128 valence electrons. The van der Waals surface area contributed by atoms with Gasteiger partial charge in [-0.3, -0.25) is 4.79 Å². The van der Waals surface area contributed by atoms with Crippen LogP contribution < -0.4 is 10.1 Å². The van der Waals surface area contributed by atoms with E-state index < -0.39 is 0 Å². The van der Waals surface area contributed by atoms with Crippen molar-refractivity contribution in [3.05, 3.63) is 63.1 Å². The lowest BCUT2D eigenvalue weighted by atomic mass is 10.1. The van der Waals surface area contributed by atoms with Crippen LogP contribution >= 0.6 is 23.2 Å². The van der Waals surface area contributed by atoms with Crippen molar-refractivity contribution >= 4 is 29.1 Å². The molecule has 1 amide bonds. The summed E-state index contributed by atoms with van der Waals surface area (Å²) < 4.78 is 10.4. The van der Waals surface area contributed by atoms with E-state index in [1.54, 1.807) is 0 Å². The van der Waals surface area contributed by atoms with Gasteiger partial charge < -0.3 is 14.8 Å². The number of nitrogens with one attached hydrogen (secondary N) is 1. The van der Waals surface area contributed by atoms with E-state index in [1.165, 1.54) is 19.2 Å². The Hall–Kier alpha value is -1.75. The number of amides is 1. The number of methoxy groups -OCH3 is 1. The van der Waals surface area contributed by atoms with Gasteiger partial charge in [0.2, 0.25) is 0 Å². The van der Waals surface area contributed by atoms with Gasteiger partial charge in [-0.25, -0.2) is 0 Å². The molecular formula is C18H19Cl2NO3. The fourth-order valence-electron chi connectivity index (χ4n) is 2.14. The van der Waals surface area contributed by atoms with Crippen molar-refractivity contribution in [3.8, 4) is 5.75 Å². The molecule has 0 fully saturated rings. The Morgan fingerprint density at radius 1 is 1.08 bits per heavy atom. The molecule has 4 nitrogen and oxygen atoms in total. The molecule has 0 aromatic heterocycles. The molecule has 24 heavy (non-hydrogen) atoms. The van der Waals surface area contributed by atoms with Gasteiger partial charge >= 0.3 is 0 Å². The van der Waals surface area contributed by atoms with Gasteiger partial charge in [-0.15, -0.1) is 0 Å². The van der Waals surface area contributed by atoms with Crippen LogP contribution in [0.5, 0.6) is 5.75 Å². The molecular weight excluding hydrogens is 349 g/mol. The van der Waals surface area contributed by atoms with E-state index in [2.05, 4.69) is 5.32 Å². The summed E-state index contributed by atoms with van der Waals surface area (Å²) in [6.45, 7) is 3.65. The first-order valence-corrected chi connectivity index (χ1v) is 8.27. The van der Waals surface area contributed by atoms with Crippen LogP contribution in [-0.4, -0.2) is 19.6 Å². The molecule has 0 atom stereocenters. The Kier molecular flexibility index (Phi) is 6.91. The third-order valence-electron chi connectivity index (χ3n) is 3.41. The SMILES string of the molecule is CCOCc1ccc(CNC(=O)c2cc(Cl)c(OC)c(Cl)c2)cc1. The van der Waals surface area contributed by atoms with Crippen LogP contribution in [0, 0.1) is 0 Å². The Labute approximate surface area is 151 Å². The predicted molar refractivity (Wildman–Crippen MR) is 96.0 cm³/mol. The highest BCUT2D eigenvalue weighted by Gasteiger charge is 2.13. The zero-order valence-electron chi connectivity index (χ0n) is 13.6. The second-order valence-corrected chi connectivity index (χ2v) is 5.92. The topological polar surface area (TPSA) is 47.6 Å². The molecule has 0 heterocycles. The number of ether oxygens (including phenoxy) is 2. The lowest BCUT2D eigenvalue weighted by molar-refractivity contribution is 0.0951. The molecule has 0 aliphatic heterocycles. The third-order valence-corrected chi connectivity index (χ3v) is 3.97. The van der Waals surface area contributed by atoms with Gasteiger partial charge in [0.1, 0.15) is 0 Å². The molecule has 0 spiro atoms. The molecule has 0 unspecified atom stereocenters. The molecule has 2 aromatic rings. The van der Waals surface area contributed by atoms with E-state index in [4.69, 9.17) is 32.7 Å². The maximum atomic E-state index is 12.2. The van der Waals surface area contributed by atoms with E-state index in [1.807, 2.05) is 31.2 Å². The minimum absolute atomic E-state index is 0.250. The fraction of sp³-hybridized carbons (Fsp3) is 0.278. The molecule has 2 rings (SSSR count). The lowest BCUT2D eigenvalue weighted by Crippen LogP contribution is -2.22. The zero-order chi connectivity index (χ0) is 17.5. The molecule has 0 saturated carbocycles. The van der Waals surface area contributed by atoms with Gasteiger partial charge in [0, 0.05) is 18.7 Å². The zero-order valence-corrected chi connectivity index (χ0v) is 15.1. The van der Waals surface area contributed by atoms with Crippen molar-refractivity contribution in [1.29, 1.82) is 0 Å². The largest absolute Gasteiger partial charge is 0.494 e. The Balaban J connectivity index is 1.98. The quantitative estimate of drug-likeness (QED) is 0.785. The smallest absolute Gasteiger partial charge is 0.251 e. The molecule has 1 N–H and O–H groups in total. The van der Waals surface area contributed by atoms with Crippen molar-refractivity contribution in [2.75, 3.05) is 13.7 Å². The highest BCUT2D eigenvalue weighted by molar-refractivity contribution is 6.37. The number of carbonyl (C=O) groups excluding carboxylic acids is 1. The Morgan fingerprint density at radius 3 is 2.21 bits per heavy atom. The summed E-state index contributed by atoms with van der Waals surface area (Å²) in [5, 5.41) is 3.44. The normalized spacial score (nSPS) is 10.5. The van der Waals surface area contributed by atoms with Crippen molar-refractivity contribution in [3.63, 3.8) is 0 Å². The van der Waals surface area contributed by atoms with E-state index >= 15 is 0 Å². The van der Waals surface area contributed by atoms with E-state index in [-0.39, 0.29) is 5.91 Å². The highest BCUT2D eigenvalue weighted by Crippen LogP contribution is 2.33. The first-order valence-electron chi connectivity index (χ1n) is 7.52. The van der Waals surface area contributed by atoms with Crippen LogP contribution in [0.1, 0.15) is 28.4 Å². The van der Waals surface area contributed by atoms with Crippen molar-refractivity contribution in [1.82, 2.24) is 5.32 Å². The number of hydrogen-bond donors (Lipinski definition) is 1. The summed E-state index contributed by atoms with van der Waals surface area (Å²) in [5.74, 6) is 0.111. The van der Waals surface area contributed by atoms with Gasteiger partial charge in [0.15, 0.2) is 5.75 Å². The van der Waals surface area contributed by atoms with Gasteiger partial charge in [0.25, 0.3) is 5.91 Å². The van der Waals surface area contributed by atoms with Crippen LogP contribution in [0.25, 0.3) is 0 Å². The summed E-state index contributed by atoms with van der Waals surface area (Å²) in [6, 6.07) is 11.0. The summed E-state index contributed by atoms with van der Waals surface area (Å²) >= 11 is 12.1. The van der Waals surface area contributed by atoms with Gasteiger partial charge in [0.05, 0.1) is 23.8 Å². The number of carbonyl (C=O) groups is 1. The summed E-state index contributed by atoms with van der Waals surface area (Å²) in [5.41, 5.74) is 2.48. The number of benzene rings is 2. The Bertz CT molecular complexity index is 679. The molecule has 6 heteroatoms. The first-order chi connectivity index (χ1) is 11.5. The van der Waals surface area contributed by atoms with E-state index in [0.29, 0.717) is 41.1 Å². The first kappa shape index (κ1) is 18.6.